The summed E-state index contributed by atoms with van der Waals surface area (Å²) in [6, 6.07) is 9.76. The van der Waals surface area contributed by atoms with Crippen molar-refractivity contribution in [3.8, 4) is 5.75 Å². The van der Waals surface area contributed by atoms with Gasteiger partial charge in [0.2, 0.25) is 0 Å². The number of methoxy groups -OCH3 is 1. The Morgan fingerprint density at radius 2 is 2.23 bits per heavy atom. The molecule has 7 heteroatoms. The quantitative estimate of drug-likeness (QED) is 0.750. The van der Waals surface area contributed by atoms with Crippen LogP contribution in [-0.2, 0) is 26.7 Å². The van der Waals surface area contributed by atoms with Gasteiger partial charge in [0.05, 0.1) is 30.6 Å². The lowest BCUT2D eigenvalue weighted by molar-refractivity contribution is 0.0942. The van der Waals surface area contributed by atoms with Crippen LogP contribution in [0.1, 0.15) is 28.3 Å². The van der Waals surface area contributed by atoms with Gasteiger partial charge in [0, 0.05) is 31.6 Å². The molecule has 26 heavy (non-hydrogen) atoms. The minimum absolute atomic E-state index is 0.107. The zero-order valence-electron chi connectivity index (χ0n) is 15.1. The summed E-state index contributed by atoms with van der Waals surface area (Å²) in [6.07, 6.45) is 1.07. The highest BCUT2D eigenvalue weighted by Gasteiger charge is 2.15. The van der Waals surface area contributed by atoms with Crippen molar-refractivity contribution in [2.45, 2.75) is 26.1 Å². The topological polar surface area (TPSA) is 73.1 Å². The molecule has 1 amide bonds. The van der Waals surface area contributed by atoms with Crippen LogP contribution in [0.4, 0.5) is 0 Å². The average Bonchev–Trinajstić information content (AvgIpc) is 3.12. The van der Waals surface area contributed by atoms with E-state index in [2.05, 4.69) is 21.8 Å². The standard InChI is InChI=1S/C19H23N5O2/c1-23-17-10-16(26-2)5-4-13(17)8-18(23)19(25)21-11-14-9-15-12-20-6-3-7-24(15)22-14/h4-5,8-10,20H,3,6-7,11-12H2,1-2H3,(H,21,25). The Hall–Kier alpha value is -2.80. The molecule has 3 heterocycles. The molecule has 136 valence electrons. The Bertz CT molecular complexity index is 933. The number of ether oxygens (including phenoxy) is 1. The molecular formula is C19H23N5O2. The van der Waals surface area contributed by atoms with Crippen molar-refractivity contribution < 1.29 is 9.53 Å². The highest BCUT2D eigenvalue weighted by atomic mass is 16.5. The third kappa shape index (κ3) is 3.06. The molecule has 2 N–H and O–H groups in total. The van der Waals surface area contributed by atoms with E-state index in [-0.39, 0.29) is 5.91 Å². The molecule has 0 unspecified atom stereocenters. The Morgan fingerprint density at radius 3 is 3.08 bits per heavy atom. The van der Waals surface area contributed by atoms with Gasteiger partial charge < -0.3 is 19.9 Å². The number of aromatic nitrogens is 3. The summed E-state index contributed by atoms with van der Waals surface area (Å²) >= 11 is 0. The van der Waals surface area contributed by atoms with Crippen LogP contribution in [0, 0.1) is 0 Å². The molecule has 0 fully saturated rings. The van der Waals surface area contributed by atoms with Crippen LogP contribution < -0.4 is 15.4 Å². The molecule has 1 aromatic carbocycles. The van der Waals surface area contributed by atoms with E-state index in [1.807, 2.05) is 40.6 Å². The van der Waals surface area contributed by atoms with E-state index >= 15 is 0 Å². The SMILES string of the molecule is COc1ccc2cc(C(=O)NCc3cc4n(n3)CCCNC4)n(C)c2c1. The molecule has 4 rings (SSSR count). The van der Waals surface area contributed by atoms with Gasteiger partial charge in [-0.25, -0.2) is 0 Å². The maximum absolute atomic E-state index is 12.7. The minimum Gasteiger partial charge on any atom is -0.497 e. The molecule has 1 aliphatic rings. The van der Waals surface area contributed by atoms with Crippen LogP contribution in [0.25, 0.3) is 10.9 Å². The summed E-state index contributed by atoms with van der Waals surface area (Å²) in [5.74, 6) is 0.669. The fourth-order valence-corrected chi connectivity index (χ4v) is 3.42. The Labute approximate surface area is 151 Å². The van der Waals surface area contributed by atoms with Gasteiger partial charge in [-0.05, 0) is 37.2 Å². The summed E-state index contributed by atoms with van der Waals surface area (Å²) in [4.78, 5) is 12.7. The first-order valence-electron chi connectivity index (χ1n) is 8.83. The highest BCUT2D eigenvalue weighted by molar-refractivity contribution is 5.98. The van der Waals surface area contributed by atoms with Gasteiger partial charge in [0.1, 0.15) is 11.4 Å². The Kier molecular flexibility index (Phi) is 4.38. The predicted molar refractivity (Wildman–Crippen MR) is 99.2 cm³/mol. The van der Waals surface area contributed by atoms with Crippen LogP contribution in [0.3, 0.4) is 0 Å². The number of nitrogens with one attached hydrogen (secondary N) is 2. The molecule has 0 saturated heterocycles. The number of nitrogens with zero attached hydrogens (tertiary/aromatic N) is 3. The molecule has 0 bridgehead atoms. The number of benzene rings is 1. The molecule has 0 spiro atoms. The number of carbonyl (C=O) groups excluding carboxylic acids is 1. The van der Waals surface area contributed by atoms with Crippen molar-refractivity contribution in [1.82, 2.24) is 25.0 Å². The van der Waals surface area contributed by atoms with Gasteiger partial charge in [-0.15, -0.1) is 0 Å². The van der Waals surface area contributed by atoms with Gasteiger partial charge in [0.25, 0.3) is 5.91 Å². The molecular weight excluding hydrogens is 330 g/mol. The summed E-state index contributed by atoms with van der Waals surface area (Å²) in [5.41, 5.74) is 3.64. The fraction of sp³-hybridized carbons (Fsp3) is 0.368. The van der Waals surface area contributed by atoms with Crippen LogP contribution in [0.2, 0.25) is 0 Å². The van der Waals surface area contributed by atoms with E-state index in [9.17, 15) is 4.79 Å². The van der Waals surface area contributed by atoms with Crippen molar-refractivity contribution >= 4 is 16.8 Å². The van der Waals surface area contributed by atoms with E-state index in [1.165, 1.54) is 5.69 Å². The molecule has 3 aromatic rings. The summed E-state index contributed by atoms with van der Waals surface area (Å²) in [7, 11) is 3.53. The van der Waals surface area contributed by atoms with Crippen molar-refractivity contribution in [3.63, 3.8) is 0 Å². The Morgan fingerprint density at radius 1 is 1.35 bits per heavy atom. The molecule has 0 atom stereocenters. The number of aryl methyl sites for hydroxylation is 2. The van der Waals surface area contributed by atoms with E-state index in [0.717, 1.165) is 48.4 Å². The second kappa shape index (κ2) is 6.84. The lowest BCUT2D eigenvalue weighted by atomic mass is 10.2. The zero-order chi connectivity index (χ0) is 18.1. The molecule has 7 nitrogen and oxygen atoms in total. The third-order valence-corrected chi connectivity index (χ3v) is 4.86. The van der Waals surface area contributed by atoms with E-state index in [4.69, 9.17) is 4.74 Å². The first kappa shape index (κ1) is 16.7. The van der Waals surface area contributed by atoms with Gasteiger partial charge in [0.15, 0.2) is 0 Å². The first-order chi connectivity index (χ1) is 12.7. The van der Waals surface area contributed by atoms with Crippen molar-refractivity contribution in [2.24, 2.45) is 7.05 Å². The minimum atomic E-state index is -0.107. The first-order valence-corrected chi connectivity index (χ1v) is 8.83. The number of amides is 1. The second-order valence-corrected chi connectivity index (χ2v) is 6.58. The van der Waals surface area contributed by atoms with Crippen LogP contribution in [0.15, 0.2) is 30.3 Å². The van der Waals surface area contributed by atoms with Crippen molar-refractivity contribution in [2.75, 3.05) is 13.7 Å². The van der Waals surface area contributed by atoms with Gasteiger partial charge in [-0.1, -0.05) is 0 Å². The van der Waals surface area contributed by atoms with E-state index in [1.54, 1.807) is 7.11 Å². The van der Waals surface area contributed by atoms with E-state index < -0.39 is 0 Å². The van der Waals surface area contributed by atoms with Crippen LogP contribution in [-0.4, -0.2) is 33.9 Å². The average molecular weight is 353 g/mol. The lowest BCUT2D eigenvalue weighted by Crippen LogP contribution is -2.25. The molecule has 0 aliphatic carbocycles. The normalized spacial score (nSPS) is 14.1. The maximum Gasteiger partial charge on any atom is 0.268 e. The van der Waals surface area contributed by atoms with Crippen molar-refractivity contribution in [3.05, 3.63) is 47.4 Å². The van der Waals surface area contributed by atoms with Crippen LogP contribution in [0.5, 0.6) is 5.75 Å². The summed E-state index contributed by atoms with van der Waals surface area (Å²) in [5, 5.41) is 12.0. The van der Waals surface area contributed by atoms with Crippen LogP contribution >= 0.6 is 0 Å². The number of hydrogen-bond acceptors (Lipinski definition) is 4. The van der Waals surface area contributed by atoms with E-state index in [0.29, 0.717) is 12.2 Å². The lowest BCUT2D eigenvalue weighted by Gasteiger charge is -2.06. The maximum atomic E-state index is 12.7. The fourth-order valence-electron chi connectivity index (χ4n) is 3.42. The number of carbonyl (C=O) groups is 1. The van der Waals surface area contributed by atoms with Crippen molar-refractivity contribution in [1.29, 1.82) is 0 Å². The number of rotatable bonds is 4. The van der Waals surface area contributed by atoms with Gasteiger partial charge >= 0.3 is 0 Å². The molecule has 1 aliphatic heterocycles. The number of fused-ring (bicyclic) bond motifs is 2. The smallest absolute Gasteiger partial charge is 0.268 e. The highest BCUT2D eigenvalue weighted by Crippen LogP contribution is 2.23. The summed E-state index contributed by atoms with van der Waals surface area (Å²) in [6.45, 7) is 3.18. The van der Waals surface area contributed by atoms with Gasteiger partial charge in [-0.3, -0.25) is 9.48 Å². The van der Waals surface area contributed by atoms with Gasteiger partial charge in [-0.2, -0.15) is 5.10 Å². The molecule has 0 radical (unpaired) electrons. The summed E-state index contributed by atoms with van der Waals surface area (Å²) < 4.78 is 9.19. The monoisotopic (exact) mass is 353 g/mol. The zero-order valence-corrected chi connectivity index (χ0v) is 15.1. The molecule has 2 aromatic heterocycles. The molecule has 0 saturated carbocycles. The number of hydrogen-bond donors (Lipinski definition) is 2. The third-order valence-electron chi connectivity index (χ3n) is 4.86. The second-order valence-electron chi connectivity index (χ2n) is 6.58. The predicted octanol–water partition coefficient (Wildman–Crippen LogP) is 1.81. The Balaban J connectivity index is 1.50. The largest absolute Gasteiger partial charge is 0.497 e.